The van der Waals surface area contributed by atoms with Crippen LogP contribution >= 0.6 is 0 Å². The molecule has 0 aliphatic carbocycles. The van der Waals surface area contributed by atoms with E-state index in [0.29, 0.717) is 23.0 Å². The maximum Gasteiger partial charge on any atom is 0.229 e. The summed E-state index contributed by atoms with van der Waals surface area (Å²) in [6, 6.07) is 1.92. The Morgan fingerprint density at radius 2 is 1.74 bits per heavy atom. The second kappa shape index (κ2) is 10.4. The molecule has 4 heterocycles. The monoisotopic (exact) mass is 526 g/mol. The van der Waals surface area contributed by atoms with Gasteiger partial charge in [-0.25, -0.2) is 19.0 Å². The largest absolute Gasteiger partial charge is 0.474 e. The van der Waals surface area contributed by atoms with Gasteiger partial charge >= 0.3 is 0 Å². The number of ether oxygens (including phenoxy) is 1. The smallest absolute Gasteiger partial charge is 0.229 e. The van der Waals surface area contributed by atoms with E-state index in [2.05, 4.69) is 80.8 Å². The van der Waals surface area contributed by atoms with E-state index in [0.717, 1.165) is 12.8 Å². The van der Waals surface area contributed by atoms with Gasteiger partial charge in [0.2, 0.25) is 11.8 Å². The highest BCUT2D eigenvalue weighted by atomic mass is 19.1. The predicted octanol–water partition coefficient (Wildman–Crippen LogP) is 4.84. The van der Waals surface area contributed by atoms with Crippen LogP contribution in [-0.2, 0) is 0 Å². The Labute approximate surface area is 223 Å². The van der Waals surface area contributed by atoms with Crippen LogP contribution < -0.4 is 15.4 Å². The summed E-state index contributed by atoms with van der Waals surface area (Å²) >= 11 is 0. The number of likely N-dealkylation sites (tertiary alicyclic amines) is 1. The highest BCUT2D eigenvalue weighted by Gasteiger charge is 2.43. The van der Waals surface area contributed by atoms with E-state index < -0.39 is 5.82 Å². The lowest BCUT2D eigenvalue weighted by Crippen LogP contribution is -2.61. The lowest BCUT2D eigenvalue weighted by molar-refractivity contribution is -0.00778. The summed E-state index contributed by atoms with van der Waals surface area (Å²) in [5, 5.41) is 18.6. The predicted molar refractivity (Wildman–Crippen MR) is 145 cm³/mol. The maximum atomic E-state index is 14.8. The molecular formula is C26H39FN10O. The van der Waals surface area contributed by atoms with Crippen molar-refractivity contribution in [2.75, 3.05) is 17.7 Å². The third-order valence-electron chi connectivity index (χ3n) is 7.07. The van der Waals surface area contributed by atoms with Gasteiger partial charge in [-0.3, -0.25) is 4.90 Å². The lowest BCUT2D eigenvalue weighted by atomic mass is 9.77. The van der Waals surface area contributed by atoms with E-state index in [1.807, 2.05) is 33.8 Å². The second-order valence-electron chi connectivity index (χ2n) is 11.7. The topological polar surface area (TPSA) is 119 Å². The minimum Gasteiger partial charge on any atom is -0.474 e. The van der Waals surface area contributed by atoms with Gasteiger partial charge in [0.15, 0.2) is 17.5 Å². The molecule has 0 amide bonds. The van der Waals surface area contributed by atoms with E-state index in [4.69, 9.17) is 4.74 Å². The third-order valence-corrected chi connectivity index (χ3v) is 7.07. The molecule has 0 aromatic carbocycles. The van der Waals surface area contributed by atoms with Crippen molar-refractivity contribution >= 4 is 17.5 Å². The highest BCUT2D eigenvalue weighted by molar-refractivity contribution is 5.69. The number of nitrogens with zero attached hydrogens (tertiary/aromatic N) is 8. The standard InChI is InChI=1S/C26H39FN10O/c1-15(2)37-22(33-34-35-37)19-10-17(13-28-23(19)38-16(3)4)31-24-29-14-20(27)21(32-24)30-18-11-25(5,6)36(9)26(7,8)12-18/h10,13-16,18H,11-12H2,1-9H3,(H2,29,30,31,32). The van der Waals surface area contributed by atoms with E-state index in [9.17, 15) is 4.39 Å². The molecule has 1 aliphatic rings. The van der Waals surface area contributed by atoms with Crippen LogP contribution in [0.2, 0.25) is 0 Å². The Balaban J connectivity index is 1.61. The van der Waals surface area contributed by atoms with Crippen molar-refractivity contribution in [1.82, 2.24) is 40.1 Å². The number of aromatic nitrogens is 7. The summed E-state index contributed by atoms with van der Waals surface area (Å²) in [7, 11) is 2.14. The van der Waals surface area contributed by atoms with Gasteiger partial charge in [0.1, 0.15) is 0 Å². The van der Waals surface area contributed by atoms with Crippen molar-refractivity contribution in [2.24, 2.45) is 0 Å². The van der Waals surface area contributed by atoms with Gasteiger partial charge < -0.3 is 15.4 Å². The van der Waals surface area contributed by atoms with E-state index >= 15 is 0 Å². The summed E-state index contributed by atoms with van der Waals surface area (Å²) in [6.07, 6.45) is 4.41. The Bertz CT molecular complexity index is 1250. The molecule has 3 aromatic heterocycles. The number of hydrogen-bond acceptors (Lipinski definition) is 10. The molecule has 206 valence electrons. The van der Waals surface area contributed by atoms with Crippen LogP contribution in [0.5, 0.6) is 5.88 Å². The lowest BCUT2D eigenvalue weighted by Gasteiger charge is -2.53. The fourth-order valence-electron chi connectivity index (χ4n) is 5.04. The fraction of sp³-hybridized carbons (Fsp3) is 0.615. The molecule has 1 fully saturated rings. The molecule has 0 unspecified atom stereocenters. The van der Waals surface area contributed by atoms with Crippen LogP contribution in [-0.4, -0.2) is 70.3 Å². The molecule has 11 nitrogen and oxygen atoms in total. The van der Waals surface area contributed by atoms with Gasteiger partial charge in [-0.1, -0.05) is 0 Å². The molecule has 38 heavy (non-hydrogen) atoms. The van der Waals surface area contributed by atoms with Crippen molar-refractivity contribution < 1.29 is 9.13 Å². The Hall–Kier alpha value is -3.41. The molecule has 0 bridgehead atoms. The van der Waals surface area contributed by atoms with E-state index in [1.165, 1.54) is 6.20 Å². The van der Waals surface area contributed by atoms with Gasteiger partial charge in [0.25, 0.3) is 0 Å². The van der Waals surface area contributed by atoms with Crippen molar-refractivity contribution in [3.05, 3.63) is 24.3 Å². The number of halogens is 1. The molecule has 3 aromatic rings. The summed E-state index contributed by atoms with van der Waals surface area (Å²) in [5.41, 5.74) is 1.13. The highest BCUT2D eigenvalue weighted by Crippen LogP contribution is 2.38. The first-order valence-corrected chi connectivity index (χ1v) is 13.0. The van der Waals surface area contributed by atoms with Crippen LogP contribution in [0.15, 0.2) is 18.5 Å². The molecule has 1 aliphatic heterocycles. The van der Waals surface area contributed by atoms with Gasteiger partial charge in [0, 0.05) is 17.1 Å². The Morgan fingerprint density at radius 3 is 2.37 bits per heavy atom. The zero-order chi connectivity index (χ0) is 27.8. The van der Waals surface area contributed by atoms with Crippen LogP contribution in [0.25, 0.3) is 11.4 Å². The Kier molecular flexibility index (Phi) is 7.55. The molecule has 0 atom stereocenters. The van der Waals surface area contributed by atoms with Crippen molar-refractivity contribution in [2.45, 2.75) is 97.5 Å². The third kappa shape index (κ3) is 5.85. The zero-order valence-corrected chi connectivity index (χ0v) is 23.7. The normalized spacial score (nSPS) is 17.7. The second-order valence-corrected chi connectivity index (χ2v) is 11.7. The minimum absolute atomic E-state index is 0.0344. The molecular weight excluding hydrogens is 487 g/mol. The molecule has 0 radical (unpaired) electrons. The summed E-state index contributed by atoms with van der Waals surface area (Å²) in [6.45, 7) is 16.7. The van der Waals surface area contributed by atoms with Gasteiger partial charge in [-0.05, 0) is 91.8 Å². The average Bonchev–Trinajstić information content (AvgIpc) is 3.30. The first-order chi connectivity index (χ1) is 17.8. The Morgan fingerprint density at radius 1 is 1.05 bits per heavy atom. The molecule has 12 heteroatoms. The summed E-state index contributed by atoms with van der Waals surface area (Å²) < 4.78 is 22.4. The number of pyridine rings is 1. The first-order valence-electron chi connectivity index (χ1n) is 13.0. The molecule has 0 saturated carbocycles. The number of tetrazole rings is 1. The summed E-state index contributed by atoms with van der Waals surface area (Å²) in [5.74, 6) is 0.855. The zero-order valence-electron chi connectivity index (χ0n) is 23.7. The molecule has 1 saturated heterocycles. The van der Waals surface area contributed by atoms with E-state index in [1.54, 1.807) is 10.9 Å². The number of hydrogen-bond donors (Lipinski definition) is 2. The van der Waals surface area contributed by atoms with Crippen molar-refractivity contribution in [1.29, 1.82) is 0 Å². The fourth-order valence-corrected chi connectivity index (χ4v) is 5.04. The quantitative estimate of drug-likeness (QED) is 0.422. The number of nitrogens with one attached hydrogen (secondary N) is 2. The first kappa shape index (κ1) is 27.6. The average molecular weight is 527 g/mol. The minimum atomic E-state index is -0.499. The van der Waals surface area contributed by atoms with Crippen LogP contribution in [0.3, 0.4) is 0 Å². The maximum absolute atomic E-state index is 14.8. The van der Waals surface area contributed by atoms with E-state index in [-0.39, 0.29) is 41.0 Å². The van der Waals surface area contributed by atoms with Gasteiger partial charge in [-0.2, -0.15) is 4.98 Å². The summed E-state index contributed by atoms with van der Waals surface area (Å²) in [4.78, 5) is 15.5. The van der Waals surface area contributed by atoms with Crippen LogP contribution in [0.1, 0.15) is 74.3 Å². The molecule has 2 N–H and O–H groups in total. The molecule has 0 spiro atoms. The van der Waals surface area contributed by atoms with Gasteiger partial charge in [0.05, 0.1) is 35.8 Å². The van der Waals surface area contributed by atoms with Crippen molar-refractivity contribution in [3.8, 4) is 17.3 Å². The van der Waals surface area contributed by atoms with Crippen molar-refractivity contribution in [3.63, 3.8) is 0 Å². The SMILES string of the molecule is CC(C)Oc1ncc(Nc2ncc(F)c(NC3CC(C)(C)N(C)C(C)(C)C3)n2)cc1-c1nnnn1C(C)C. The van der Waals surface area contributed by atoms with Gasteiger partial charge in [-0.15, -0.1) is 5.10 Å². The molecule has 4 rings (SSSR count). The number of piperidine rings is 1. The number of rotatable bonds is 8. The van der Waals surface area contributed by atoms with Crippen LogP contribution in [0.4, 0.5) is 21.8 Å². The van der Waals surface area contributed by atoms with Crippen LogP contribution in [0, 0.1) is 5.82 Å². The number of anilines is 3.